The van der Waals surface area contributed by atoms with Crippen molar-refractivity contribution >= 4 is 16.5 Å². The Labute approximate surface area is 162 Å². The Hall–Kier alpha value is -2.67. The fourth-order valence-corrected chi connectivity index (χ4v) is 4.14. The summed E-state index contributed by atoms with van der Waals surface area (Å²) in [5.41, 5.74) is 10.2. The zero-order valence-corrected chi connectivity index (χ0v) is 16.7. The van der Waals surface area contributed by atoms with Crippen LogP contribution in [0.2, 0.25) is 0 Å². The number of allylic oxidation sites excluding steroid dienone is 4. The molecule has 0 spiro atoms. The SMILES string of the molecule is Cc1ccc(C(C)c2ccc3nc(C)c(C4=CCCC=C4)c(C)c3c2)cc1. The van der Waals surface area contributed by atoms with Crippen LogP contribution in [0, 0.1) is 20.8 Å². The van der Waals surface area contributed by atoms with Crippen LogP contribution in [0.5, 0.6) is 0 Å². The molecule has 0 saturated heterocycles. The van der Waals surface area contributed by atoms with E-state index < -0.39 is 0 Å². The van der Waals surface area contributed by atoms with Crippen LogP contribution in [-0.2, 0) is 0 Å². The van der Waals surface area contributed by atoms with Crippen molar-refractivity contribution in [3.8, 4) is 0 Å². The molecular formula is C26H27N. The molecule has 27 heavy (non-hydrogen) atoms. The average molecular weight is 354 g/mol. The van der Waals surface area contributed by atoms with Gasteiger partial charge in [-0.3, -0.25) is 4.98 Å². The lowest BCUT2D eigenvalue weighted by Crippen LogP contribution is -2.01. The lowest BCUT2D eigenvalue weighted by molar-refractivity contribution is 0.923. The second kappa shape index (κ2) is 7.15. The first-order valence-electron chi connectivity index (χ1n) is 9.89. The number of fused-ring (bicyclic) bond motifs is 1. The summed E-state index contributed by atoms with van der Waals surface area (Å²) in [4.78, 5) is 4.92. The van der Waals surface area contributed by atoms with Crippen LogP contribution in [0.1, 0.15) is 59.2 Å². The molecular weight excluding hydrogens is 326 g/mol. The molecule has 1 unspecified atom stereocenters. The van der Waals surface area contributed by atoms with Crippen molar-refractivity contribution in [1.29, 1.82) is 0 Å². The smallest absolute Gasteiger partial charge is 0.0708 e. The zero-order valence-electron chi connectivity index (χ0n) is 16.7. The van der Waals surface area contributed by atoms with Crippen molar-refractivity contribution in [2.24, 2.45) is 0 Å². The van der Waals surface area contributed by atoms with Crippen molar-refractivity contribution in [2.75, 3.05) is 0 Å². The predicted octanol–water partition coefficient (Wildman–Crippen LogP) is 7.05. The van der Waals surface area contributed by atoms with Gasteiger partial charge in [-0.1, -0.05) is 61.0 Å². The summed E-state index contributed by atoms with van der Waals surface area (Å²) in [6, 6.07) is 15.6. The number of hydrogen-bond acceptors (Lipinski definition) is 1. The second-order valence-corrected chi connectivity index (χ2v) is 7.75. The third-order valence-electron chi connectivity index (χ3n) is 5.81. The third-order valence-corrected chi connectivity index (χ3v) is 5.81. The molecule has 1 atom stereocenters. The summed E-state index contributed by atoms with van der Waals surface area (Å²) >= 11 is 0. The normalized spacial score (nSPS) is 15.0. The number of nitrogens with zero attached hydrogens (tertiary/aromatic N) is 1. The van der Waals surface area contributed by atoms with E-state index in [0.717, 1.165) is 24.1 Å². The van der Waals surface area contributed by atoms with E-state index in [2.05, 4.69) is 88.4 Å². The van der Waals surface area contributed by atoms with E-state index in [4.69, 9.17) is 4.98 Å². The van der Waals surface area contributed by atoms with Crippen LogP contribution >= 0.6 is 0 Å². The number of pyridine rings is 1. The van der Waals surface area contributed by atoms with Crippen LogP contribution in [0.15, 0.2) is 60.7 Å². The van der Waals surface area contributed by atoms with E-state index in [1.54, 1.807) is 0 Å². The van der Waals surface area contributed by atoms with Gasteiger partial charge in [-0.15, -0.1) is 0 Å². The largest absolute Gasteiger partial charge is 0.252 e. The summed E-state index contributed by atoms with van der Waals surface area (Å²) in [6.07, 6.45) is 9.13. The molecule has 1 aromatic heterocycles. The maximum absolute atomic E-state index is 4.92. The Morgan fingerprint density at radius 2 is 1.63 bits per heavy atom. The molecule has 0 radical (unpaired) electrons. The number of aromatic nitrogens is 1. The van der Waals surface area contributed by atoms with E-state index in [1.165, 1.54) is 38.8 Å². The Bertz CT molecular complexity index is 1050. The van der Waals surface area contributed by atoms with Gasteiger partial charge in [-0.25, -0.2) is 0 Å². The fourth-order valence-electron chi connectivity index (χ4n) is 4.14. The summed E-state index contributed by atoms with van der Waals surface area (Å²) < 4.78 is 0. The van der Waals surface area contributed by atoms with E-state index in [9.17, 15) is 0 Å². The van der Waals surface area contributed by atoms with E-state index in [0.29, 0.717) is 5.92 Å². The van der Waals surface area contributed by atoms with Gasteiger partial charge < -0.3 is 0 Å². The molecule has 0 fully saturated rings. The van der Waals surface area contributed by atoms with Gasteiger partial charge in [0.05, 0.1) is 5.52 Å². The molecule has 0 amide bonds. The maximum atomic E-state index is 4.92. The molecule has 0 saturated carbocycles. The number of rotatable bonds is 3. The number of benzene rings is 2. The molecule has 2 aromatic carbocycles. The van der Waals surface area contributed by atoms with Gasteiger partial charge in [0.25, 0.3) is 0 Å². The fraction of sp³-hybridized carbons (Fsp3) is 0.269. The topological polar surface area (TPSA) is 12.9 Å². The van der Waals surface area contributed by atoms with Crippen LogP contribution in [0.3, 0.4) is 0 Å². The highest BCUT2D eigenvalue weighted by atomic mass is 14.7. The lowest BCUT2D eigenvalue weighted by Gasteiger charge is -2.18. The highest BCUT2D eigenvalue weighted by molar-refractivity contribution is 5.90. The van der Waals surface area contributed by atoms with Crippen molar-refractivity contribution in [1.82, 2.24) is 4.98 Å². The molecule has 136 valence electrons. The molecule has 1 nitrogen and oxygen atoms in total. The van der Waals surface area contributed by atoms with Crippen molar-refractivity contribution in [2.45, 2.75) is 46.5 Å². The Kier molecular flexibility index (Phi) is 4.70. The van der Waals surface area contributed by atoms with Crippen molar-refractivity contribution in [3.05, 3.63) is 94.2 Å². The lowest BCUT2D eigenvalue weighted by atomic mass is 9.89. The van der Waals surface area contributed by atoms with Gasteiger partial charge in [-0.2, -0.15) is 0 Å². The molecule has 0 N–H and O–H groups in total. The molecule has 1 heteroatoms. The van der Waals surface area contributed by atoms with Gasteiger partial charge in [0, 0.05) is 22.6 Å². The molecule has 3 aromatic rings. The molecule has 1 heterocycles. The molecule has 1 aliphatic rings. The quantitative estimate of drug-likeness (QED) is 0.492. The van der Waals surface area contributed by atoms with Gasteiger partial charge in [0.2, 0.25) is 0 Å². The summed E-state index contributed by atoms with van der Waals surface area (Å²) in [6.45, 7) is 8.80. The molecule has 1 aliphatic carbocycles. The van der Waals surface area contributed by atoms with E-state index in [-0.39, 0.29) is 0 Å². The first-order chi connectivity index (χ1) is 13.0. The highest BCUT2D eigenvalue weighted by Gasteiger charge is 2.15. The first kappa shape index (κ1) is 17.7. The van der Waals surface area contributed by atoms with Crippen LogP contribution in [-0.4, -0.2) is 4.98 Å². The van der Waals surface area contributed by atoms with Crippen LogP contribution in [0.25, 0.3) is 16.5 Å². The van der Waals surface area contributed by atoms with Crippen LogP contribution < -0.4 is 0 Å². The van der Waals surface area contributed by atoms with Gasteiger partial charge in [-0.05, 0) is 68.0 Å². The minimum absolute atomic E-state index is 0.368. The van der Waals surface area contributed by atoms with Gasteiger partial charge >= 0.3 is 0 Å². The molecule has 0 bridgehead atoms. The van der Waals surface area contributed by atoms with Crippen molar-refractivity contribution < 1.29 is 0 Å². The summed E-state index contributed by atoms with van der Waals surface area (Å²) in [5, 5.41) is 1.27. The second-order valence-electron chi connectivity index (χ2n) is 7.75. The minimum atomic E-state index is 0.368. The molecule has 0 aliphatic heterocycles. The summed E-state index contributed by atoms with van der Waals surface area (Å²) in [7, 11) is 0. The van der Waals surface area contributed by atoms with Gasteiger partial charge in [0.15, 0.2) is 0 Å². The molecule has 4 rings (SSSR count). The van der Waals surface area contributed by atoms with Gasteiger partial charge in [0.1, 0.15) is 0 Å². The Balaban J connectivity index is 1.82. The monoisotopic (exact) mass is 353 g/mol. The average Bonchev–Trinajstić information content (AvgIpc) is 2.69. The third kappa shape index (κ3) is 3.35. The maximum Gasteiger partial charge on any atom is 0.0708 e. The van der Waals surface area contributed by atoms with Crippen molar-refractivity contribution in [3.63, 3.8) is 0 Å². The van der Waals surface area contributed by atoms with E-state index in [1.807, 2.05) is 0 Å². The summed E-state index contributed by atoms with van der Waals surface area (Å²) in [5.74, 6) is 0.368. The van der Waals surface area contributed by atoms with E-state index >= 15 is 0 Å². The predicted molar refractivity (Wildman–Crippen MR) is 116 cm³/mol. The standard InChI is InChI=1S/C26H27N/c1-17-10-12-21(13-11-17)18(2)23-14-15-25-24(16-23)19(3)26(20(4)27-25)22-8-6-5-7-9-22/h6,8-16,18H,5,7H2,1-4H3. The zero-order chi connectivity index (χ0) is 19.0. The first-order valence-corrected chi connectivity index (χ1v) is 9.89. The Morgan fingerprint density at radius 1 is 0.889 bits per heavy atom. The number of aryl methyl sites for hydroxylation is 3. The minimum Gasteiger partial charge on any atom is -0.252 e. The Morgan fingerprint density at radius 3 is 2.33 bits per heavy atom. The number of hydrogen-bond donors (Lipinski definition) is 0. The highest BCUT2D eigenvalue weighted by Crippen LogP contribution is 2.33. The van der Waals surface area contributed by atoms with Crippen LogP contribution in [0.4, 0.5) is 0 Å².